The molecule has 0 amide bonds. The Hall–Kier alpha value is -0.550. The first-order valence-electron chi connectivity index (χ1n) is 3.78. The fourth-order valence-electron chi connectivity index (χ4n) is 1.12. The zero-order valence-corrected chi connectivity index (χ0v) is 8.12. The summed E-state index contributed by atoms with van der Waals surface area (Å²) >= 11 is 0. The lowest BCUT2D eigenvalue weighted by Crippen LogP contribution is -1.94. The van der Waals surface area contributed by atoms with Crippen LogP contribution in [0.5, 0.6) is 0 Å². The zero-order valence-electron chi connectivity index (χ0n) is 6.96. The molecule has 1 aromatic rings. The minimum absolute atomic E-state index is 0.513. The molecule has 1 N–H and O–H groups in total. The molecule has 1 nitrogen and oxygen atoms in total. The van der Waals surface area contributed by atoms with E-state index in [2.05, 4.69) is 39.7 Å². The van der Waals surface area contributed by atoms with Gasteiger partial charge in [0.05, 0.1) is 0 Å². The third-order valence-corrected chi connectivity index (χ3v) is 2.08. The number of benzene rings is 1. The van der Waals surface area contributed by atoms with E-state index >= 15 is 0 Å². The molecule has 2 heteroatoms. The SMILES string of the molecule is CNc1ccccc1C(C)P. The monoisotopic (exact) mass is 167 g/mol. The quantitative estimate of drug-likeness (QED) is 0.668. The van der Waals surface area contributed by atoms with Crippen molar-refractivity contribution >= 4 is 14.9 Å². The highest BCUT2D eigenvalue weighted by Gasteiger charge is 2.02. The van der Waals surface area contributed by atoms with Crippen LogP contribution in [0.15, 0.2) is 24.3 Å². The minimum Gasteiger partial charge on any atom is -0.388 e. The van der Waals surface area contributed by atoms with E-state index in [0.717, 1.165) is 0 Å². The van der Waals surface area contributed by atoms with Crippen molar-refractivity contribution in [3.05, 3.63) is 29.8 Å². The number of para-hydroxylation sites is 1. The van der Waals surface area contributed by atoms with Crippen LogP contribution < -0.4 is 5.32 Å². The minimum atomic E-state index is 0.513. The third kappa shape index (κ3) is 1.94. The molecular formula is C9H14NP. The van der Waals surface area contributed by atoms with Crippen LogP contribution in [0.25, 0.3) is 0 Å². The van der Waals surface area contributed by atoms with Crippen molar-refractivity contribution in [2.45, 2.75) is 12.6 Å². The standard InChI is InChI=1S/C9H14NP/c1-7(11)8-5-3-4-6-9(8)10-2/h3-7,10H,11H2,1-2H3. The number of nitrogens with one attached hydrogen (secondary N) is 1. The van der Waals surface area contributed by atoms with Gasteiger partial charge in [0.25, 0.3) is 0 Å². The molecule has 0 aliphatic rings. The summed E-state index contributed by atoms with van der Waals surface area (Å²) in [6.07, 6.45) is 0. The normalized spacial score (nSPS) is 12.6. The van der Waals surface area contributed by atoms with Crippen molar-refractivity contribution in [2.24, 2.45) is 0 Å². The molecule has 0 fully saturated rings. The van der Waals surface area contributed by atoms with Crippen LogP contribution >= 0.6 is 9.24 Å². The fraction of sp³-hybridized carbons (Fsp3) is 0.333. The summed E-state index contributed by atoms with van der Waals surface area (Å²) in [6.45, 7) is 2.17. The highest BCUT2D eigenvalue weighted by atomic mass is 31.0. The van der Waals surface area contributed by atoms with Crippen LogP contribution in [0.3, 0.4) is 0 Å². The molecule has 60 valence electrons. The zero-order chi connectivity index (χ0) is 8.27. The smallest absolute Gasteiger partial charge is 0.0376 e. The second kappa shape index (κ2) is 3.73. The molecule has 0 aromatic heterocycles. The van der Waals surface area contributed by atoms with Gasteiger partial charge >= 0.3 is 0 Å². The van der Waals surface area contributed by atoms with Crippen molar-refractivity contribution < 1.29 is 0 Å². The van der Waals surface area contributed by atoms with Crippen LogP contribution in [0, 0.1) is 0 Å². The molecular weight excluding hydrogens is 153 g/mol. The van der Waals surface area contributed by atoms with E-state index in [1.165, 1.54) is 11.3 Å². The van der Waals surface area contributed by atoms with Gasteiger partial charge in [0.1, 0.15) is 0 Å². The van der Waals surface area contributed by atoms with Gasteiger partial charge in [-0.05, 0) is 17.3 Å². The van der Waals surface area contributed by atoms with E-state index in [1.54, 1.807) is 0 Å². The van der Waals surface area contributed by atoms with Crippen LogP contribution in [-0.4, -0.2) is 7.05 Å². The Labute approximate surface area is 70.4 Å². The number of hydrogen-bond acceptors (Lipinski definition) is 1. The van der Waals surface area contributed by atoms with Gasteiger partial charge in [-0.2, -0.15) is 0 Å². The van der Waals surface area contributed by atoms with Crippen molar-refractivity contribution in [3.8, 4) is 0 Å². The largest absolute Gasteiger partial charge is 0.388 e. The Morgan fingerprint density at radius 1 is 1.36 bits per heavy atom. The third-order valence-electron chi connectivity index (χ3n) is 1.72. The summed E-state index contributed by atoms with van der Waals surface area (Å²) in [5, 5.41) is 3.16. The lowest BCUT2D eigenvalue weighted by atomic mass is 10.1. The Bertz CT molecular complexity index is 233. The average molecular weight is 167 g/mol. The molecule has 0 aliphatic heterocycles. The van der Waals surface area contributed by atoms with Gasteiger partial charge in [-0.1, -0.05) is 25.1 Å². The second-order valence-corrected chi connectivity index (χ2v) is 3.63. The maximum Gasteiger partial charge on any atom is 0.0376 e. The van der Waals surface area contributed by atoms with Crippen LogP contribution in [0.2, 0.25) is 0 Å². The highest BCUT2D eigenvalue weighted by Crippen LogP contribution is 2.28. The molecule has 0 saturated heterocycles. The predicted molar refractivity (Wildman–Crippen MR) is 54.1 cm³/mol. The van der Waals surface area contributed by atoms with Gasteiger partial charge < -0.3 is 5.32 Å². The summed E-state index contributed by atoms with van der Waals surface area (Å²) in [7, 11) is 4.75. The second-order valence-electron chi connectivity index (χ2n) is 2.63. The van der Waals surface area contributed by atoms with Crippen LogP contribution in [-0.2, 0) is 0 Å². The molecule has 1 aromatic carbocycles. The van der Waals surface area contributed by atoms with E-state index in [-0.39, 0.29) is 0 Å². The van der Waals surface area contributed by atoms with E-state index in [9.17, 15) is 0 Å². The first-order chi connectivity index (χ1) is 5.25. The van der Waals surface area contributed by atoms with Gasteiger partial charge in [0.2, 0.25) is 0 Å². The summed E-state index contributed by atoms with van der Waals surface area (Å²) in [4.78, 5) is 0. The van der Waals surface area contributed by atoms with Crippen LogP contribution in [0.4, 0.5) is 5.69 Å². The van der Waals surface area contributed by atoms with Gasteiger partial charge in [0, 0.05) is 12.7 Å². The maximum absolute atomic E-state index is 3.16. The topological polar surface area (TPSA) is 12.0 Å². The Kier molecular flexibility index (Phi) is 2.90. The van der Waals surface area contributed by atoms with Gasteiger partial charge in [0.15, 0.2) is 0 Å². The summed E-state index contributed by atoms with van der Waals surface area (Å²) in [5.41, 5.74) is 3.08. The molecule has 2 unspecified atom stereocenters. The van der Waals surface area contributed by atoms with E-state index < -0.39 is 0 Å². The van der Waals surface area contributed by atoms with Crippen molar-refractivity contribution in [1.29, 1.82) is 0 Å². The Balaban J connectivity index is 3.02. The Morgan fingerprint density at radius 2 is 2.00 bits per heavy atom. The molecule has 11 heavy (non-hydrogen) atoms. The number of rotatable bonds is 2. The number of anilines is 1. The highest BCUT2D eigenvalue weighted by molar-refractivity contribution is 7.17. The van der Waals surface area contributed by atoms with Crippen molar-refractivity contribution in [3.63, 3.8) is 0 Å². The molecule has 2 atom stereocenters. The first kappa shape index (κ1) is 8.55. The predicted octanol–water partition coefficient (Wildman–Crippen LogP) is 2.66. The van der Waals surface area contributed by atoms with Gasteiger partial charge in [-0.15, -0.1) is 9.24 Å². The molecule has 1 rings (SSSR count). The summed E-state index contributed by atoms with van der Waals surface area (Å²) in [6, 6.07) is 8.35. The van der Waals surface area contributed by atoms with Crippen molar-refractivity contribution in [1.82, 2.24) is 0 Å². The molecule has 0 bridgehead atoms. The summed E-state index contributed by atoms with van der Waals surface area (Å²) < 4.78 is 0. The van der Waals surface area contributed by atoms with Crippen molar-refractivity contribution in [2.75, 3.05) is 12.4 Å². The molecule has 0 spiro atoms. The van der Waals surface area contributed by atoms with Gasteiger partial charge in [-0.25, -0.2) is 0 Å². The Morgan fingerprint density at radius 3 is 2.45 bits per heavy atom. The lowest BCUT2D eigenvalue weighted by molar-refractivity contribution is 1.10. The molecule has 0 radical (unpaired) electrons. The average Bonchev–Trinajstić information content (AvgIpc) is 2.04. The number of hydrogen-bond donors (Lipinski definition) is 1. The first-order valence-corrected chi connectivity index (χ1v) is 4.44. The molecule has 0 aliphatic carbocycles. The molecule has 0 heterocycles. The summed E-state index contributed by atoms with van der Waals surface area (Å²) in [5.74, 6) is 0. The molecule has 0 saturated carbocycles. The van der Waals surface area contributed by atoms with Crippen LogP contribution in [0.1, 0.15) is 18.1 Å². The fourth-order valence-corrected chi connectivity index (χ4v) is 1.41. The van der Waals surface area contributed by atoms with E-state index in [1.807, 2.05) is 13.1 Å². The van der Waals surface area contributed by atoms with Gasteiger partial charge in [-0.3, -0.25) is 0 Å². The maximum atomic E-state index is 3.16. The lowest BCUT2D eigenvalue weighted by Gasteiger charge is -2.10. The van der Waals surface area contributed by atoms with E-state index in [0.29, 0.717) is 5.66 Å². The van der Waals surface area contributed by atoms with E-state index in [4.69, 9.17) is 0 Å².